The van der Waals surface area contributed by atoms with E-state index < -0.39 is 12.2 Å². The van der Waals surface area contributed by atoms with Gasteiger partial charge in [0.2, 0.25) is 0 Å². The van der Waals surface area contributed by atoms with Crippen LogP contribution in [-0.2, 0) is 11.2 Å². The normalized spacial score (nSPS) is 14.4. The number of aliphatic hydroxyl groups excluding tert-OH is 2. The highest BCUT2D eigenvalue weighted by molar-refractivity contribution is 5.99. The second-order valence-corrected chi connectivity index (χ2v) is 6.86. The summed E-state index contributed by atoms with van der Waals surface area (Å²) < 4.78 is 19.2. The summed E-state index contributed by atoms with van der Waals surface area (Å²) in [5.74, 6) is -0.579. The fraction of sp³-hybridized carbons (Fsp3) is 0.409. The van der Waals surface area contributed by atoms with E-state index in [1.807, 2.05) is 13.0 Å². The molecule has 3 N–H and O–H groups in total. The van der Waals surface area contributed by atoms with E-state index in [-0.39, 0.29) is 43.8 Å². The molecule has 0 heterocycles. The maximum atomic E-state index is 13.5. The average molecular weight is 389 g/mol. The topological polar surface area (TPSA) is 78.8 Å². The van der Waals surface area contributed by atoms with Gasteiger partial charge in [0.1, 0.15) is 11.9 Å². The molecule has 0 saturated heterocycles. The Morgan fingerprint density at radius 2 is 1.93 bits per heavy atom. The molecule has 28 heavy (non-hydrogen) atoms. The van der Waals surface area contributed by atoms with Crippen molar-refractivity contribution in [1.29, 1.82) is 0 Å². The van der Waals surface area contributed by atoms with Crippen LogP contribution in [0.3, 0.4) is 0 Å². The van der Waals surface area contributed by atoms with Gasteiger partial charge in [-0.2, -0.15) is 0 Å². The van der Waals surface area contributed by atoms with E-state index in [9.17, 15) is 14.3 Å². The van der Waals surface area contributed by atoms with Crippen LogP contribution in [0, 0.1) is 5.82 Å². The van der Waals surface area contributed by atoms with E-state index in [1.165, 1.54) is 12.1 Å². The summed E-state index contributed by atoms with van der Waals surface area (Å²) in [7, 11) is 0. The molecule has 2 aromatic rings. The Hall–Kier alpha value is -2.12. The third-order valence-corrected chi connectivity index (χ3v) is 4.41. The number of nitrogens with one attached hydrogen (secondary N) is 1. The summed E-state index contributed by atoms with van der Waals surface area (Å²) in [6.45, 7) is 2.24. The number of ketones is 1. The molecule has 2 rings (SSSR count). The lowest BCUT2D eigenvalue weighted by atomic mass is 9.99. The summed E-state index contributed by atoms with van der Waals surface area (Å²) in [6, 6.07) is 14.9. The van der Waals surface area contributed by atoms with Crippen LogP contribution in [0.4, 0.5) is 4.39 Å². The van der Waals surface area contributed by atoms with E-state index in [0.717, 1.165) is 0 Å². The van der Waals surface area contributed by atoms with E-state index in [1.54, 1.807) is 36.4 Å². The minimum absolute atomic E-state index is 0.0304. The van der Waals surface area contributed by atoms with Gasteiger partial charge in [-0.05, 0) is 31.0 Å². The van der Waals surface area contributed by atoms with Gasteiger partial charge in [-0.3, -0.25) is 4.79 Å². The highest BCUT2D eigenvalue weighted by Crippen LogP contribution is 2.14. The highest BCUT2D eigenvalue weighted by Gasteiger charge is 2.23. The molecule has 0 aliphatic carbocycles. The van der Waals surface area contributed by atoms with Crippen LogP contribution in [0.2, 0.25) is 0 Å². The monoisotopic (exact) mass is 389 g/mol. The van der Waals surface area contributed by atoms with Crippen LogP contribution < -0.4 is 5.32 Å². The summed E-state index contributed by atoms with van der Waals surface area (Å²) >= 11 is 0. The van der Waals surface area contributed by atoms with Crippen molar-refractivity contribution in [1.82, 2.24) is 5.32 Å². The fourth-order valence-corrected chi connectivity index (χ4v) is 2.81. The number of hydrogen-bond donors (Lipinski definition) is 3. The number of Topliss-reactive ketones (excluding diaryl/α,β-unsaturated/α-hetero) is 1. The molecule has 5 nitrogen and oxygen atoms in total. The van der Waals surface area contributed by atoms with Crippen molar-refractivity contribution in [3.63, 3.8) is 0 Å². The maximum Gasteiger partial charge on any atom is 0.191 e. The number of benzene rings is 2. The predicted octanol–water partition coefficient (Wildman–Crippen LogP) is 2.36. The molecule has 0 saturated carbocycles. The molecule has 3 atom stereocenters. The molecule has 0 amide bonds. The molecule has 0 aromatic heterocycles. The molecule has 0 aliphatic rings. The van der Waals surface area contributed by atoms with Crippen molar-refractivity contribution in [2.75, 3.05) is 19.8 Å². The number of ether oxygens (including phenoxy) is 1. The highest BCUT2D eigenvalue weighted by atomic mass is 19.1. The first-order chi connectivity index (χ1) is 13.5. The Balaban J connectivity index is 2.00. The van der Waals surface area contributed by atoms with Crippen LogP contribution in [0.15, 0.2) is 54.6 Å². The third-order valence-electron chi connectivity index (χ3n) is 4.41. The van der Waals surface area contributed by atoms with Gasteiger partial charge in [-0.15, -0.1) is 0 Å². The molecular formula is C22H28FNO4. The lowest BCUT2D eigenvalue weighted by Crippen LogP contribution is -2.38. The zero-order chi connectivity index (χ0) is 20.4. The minimum atomic E-state index is -0.825. The van der Waals surface area contributed by atoms with Crippen molar-refractivity contribution >= 4 is 5.78 Å². The zero-order valence-electron chi connectivity index (χ0n) is 16.1. The third kappa shape index (κ3) is 7.48. The van der Waals surface area contributed by atoms with E-state index in [4.69, 9.17) is 9.84 Å². The average Bonchev–Trinajstić information content (AvgIpc) is 2.70. The molecule has 0 aliphatic heterocycles. The number of rotatable bonds is 12. The van der Waals surface area contributed by atoms with E-state index >= 15 is 0 Å². The largest absolute Gasteiger partial charge is 0.396 e. The quantitative estimate of drug-likeness (QED) is 0.486. The first-order valence-corrected chi connectivity index (χ1v) is 9.47. The smallest absolute Gasteiger partial charge is 0.191 e. The van der Waals surface area contributed by atoms with Crippen LogP contribution >= 0.6 is 0 Å². The van der Waals surface area contributed by atoms with Crippen LogP contribution in [0.1, 0.15) is 29.3 Å². The number of hydrogen-bond acceptors (Lipinski definition) is 5. The van der Waals surface area contributed by atoms with Gasteiger partial charge in [0.15, 0.2) is 5.78 Å². The summed E-state index contributed by atoms with van der Waals surface area (Å²) in [5.41, 5.74) is 1.16. The molecule has 3 unspecified atom stereocenters. The summed E-state index contributed by atoms with van der Waals surface area (Å²) in [6.07, 6.45) is -0.831. The van der Waals surface area contributed by atoms with Gasteiger partial charge in [0, 0.05) is 31.2 Å². The Kier molecular flexibility index (Phi) is 9.23. The van der Waals surface area contributed by atoms with E-state index in [0.29, 0.717) is 17.5 Å². The van der Waals surface area contributed by atoms with Gasteiger partial charge in [-0.1, -0.05) is 42.5 Å². The molecule has 0 fully saturated rings. The van der Waals surface area contributed by atoms with Crippen molar-refractivity contribution < 1.29 is 24.1 Å². The number of carbonyl (C=O) groups is 1. The van der Waals surface area contributed by atoms with Crippen molar-refractivity contribution in [2.45, 2.75) is 38.0 Å². The SMILES string of the molecule is CC(CCO)NCC(O)COC(Cc1cccc(F)c1)C(=O)c1ccccc1. The minimum Gasteiger partial charge on any atom is -0.396 e. The van der Waals surface area contributed by atoms with Gasteiger partial charge < -0.3 is 20.3 Å². The second kappa shape index (κ2) is 11.7. The van der Waals surface area contributed by atoms with Crippen LogP contribution in [-0.4, -0.2) is 54.0 Å². The van der Waals surface area contributed by atoms with Crippen molar-refractivity contribution in [3.8, 4) is 0 Å². The fourth-order valence-electron chi connectivity index (χ4n) is 2.81. The van der Waals surface area contributed by atoms with Gasteiger partial charge in [0.05, 0.1) is 12.7 Å². The lowest BCUT2D eigenvalue weighted by molar-refractivity contribution is -0.00249. The number of carbonyl (C=O) groups excluding carboxylic acids is 1. The van der Waals surface area contributed by atoms with Gasteiger partial charge in [0.25, 0.3) is 0 Å². The van der Waals surface area contributed by atoms with Crippen LogP contribution in [0.5, 0.6) is 0 Å². The first-order valence-electron chi connectivity index (χ1n) is 9.47. The predicted molar refractivity (Wildman–Crippen MR) is 106 cm³/mol. The molecular weight excluding hydrogens is 361 g/mol. The second-order valence-electron chi connectivity index (χ2n) is 6.86. The Morgan fingerprint density at radius 3 is 2.61 bits per heavy atom. The first kappa shape index (κ1) is 22.2. The molecule has 152 valence electrons. The van der Waals surface area contributed by atoms with Crippen LogP contribution in [0.25, 0.3) is 0 Å². The Labute approximate surface area is 165 Å². The number of halogens is 1. The molecule has 0 radical (unpaired) electrons. The van der Waals surface area contributed by atoms with E-state index in [2.05, 4.69) is 5.32 Å². The van der Waals surface area contributed by atoms with Crippen molar-refractivity contribution in [2.24, 2.45) is 0 Å². The van der Waals surface area contributed by atoms with Gasteiger partial charge in [-0.25, -0.2) is 4.39 Å². The molecule has 2 aromatic carbocycles. The Morgan fingerprint density at radius 1 is 1.18 bits per heavy atom. The Bertz CT molecular complexity index is 725. The lowest BCUT2D eigenvalue weighted by Gasteiger charge is -2.21. The number of aliphatic hydroxyl groups is 2. The summed E-state index contributed by atoms with van der Waals surface area (Å²) in [5, 5.41) is 22.2. The van der Waals surface area contributed by atoms with Gasteiger partial charge >= 0.3 is 0 Å². The standard InChI is InChI=1S/C22H28FNO4/c1-16(10-11-25)24-14-20(26)15-28-21(13-17-6-5-9-19(23)12-17)22(27)18-7-3-2-4-8-18/h2-9,12,16,20-21,24-26H,10-11,13-15H2,1H3. The molecule has 6 heteroatoms. The maximum absolute atomic E-state index is 13.5. The molecule has 0 bridgehead atoms. The summed E-state index contributed by atoms with van der Waals surface area (Å²) in [4.78, 5) is 12.9. The molecule has 0 spiro atoms. The zero-order valence-corrected chi connectivity index (χ0v) is 16.1. The van der Waals surface area contributed by atoms with Crippen molar-refractivity contribution in [3.05, 3.63) is 71.5 Å².